The fourth-order valence-corrected chi connectivity index (χ4v) is 2.10. The zero-order valence-electron chi connectivity index (χ0n) is 14.1. The molecule has 2 amide bonds. The van der Waals surface area contributed by atoms with Crippen LogP contribution in [-0.4, -0.2) is 52.8 Å². The van der Waals surface area contributed by atoms with E-state index in [1.54, 1.807) is 17.9 Å². The number of aliphatic hydroxyl groups is 1. The second kappa shape index (κ2) is 8.44. The molecule has 2 aromatic rings. The molecule has 1 heterocycles. The third kappa shape index (κ3) is 5.65. The van der Waals surface area contributed by atoms with Gasteiger partial charge in [-0.1, -0.05) is 17.7 Å². The van der Waals surface area contributed by atoms with E-state index in [1.807, 2.05) is 31.2 Å². The Morgan fingerprint density at radius 1 is 1.33 bits per heavy atom. The third-order valence-electron chi connectivity index (χ3n) is 3.38. The van der Waals surface area contributed by atoms with E-state index in [1.165, 1.54) is 18.4 Å². The van der Waals surface area contributed by atoms with Crippen LogP contribution in [-0.2, 0) is 11.4 Å². The van der Waals surface area contributed by atoms with Crippen molar-refractivity contribution >= 4 is 17.4 Å². The molecule has 0 saturated carbocycles. The van der Waals surface area contributed by atoms with Crippen molar-refractivity contribution in [3.63, 3.8) is 0 Å². The van der Waals surface area contributed by atoms with E-state index < -0.39 is 6.10 Å². The van der Waals surface area contributed by atoms with Gasteiger partial charge in [0.05, 0.1) is 38.2 Å². The van der Waals surface area contributed by atoms with E-state index in [4.69, 9.17) is 4.84 Å². The summed E-state index contributed by atoms with van der Waals surface area (Å²) in [5, 5.41) is 21.0. The maximum Gasteiger partial charge on any atom is 0.323 e. The maximum absolute atomic E-state index is 12.0. The molecule has 24 heavy (non-hydrogen) atoms. The number of carbonyl (C=O) groups is 1. The van der Waals surface area contributed by atoms with Gasteiger partial charge in [0.1, 0.15) is 0 Å². The first-order valence-electron chi connectivity index (χ1n) is 7.56. The summed E-state index contributed by atoms with van der Waals surface area (Å²) in [6.45, 7) is 2.64. The summed E-state index contributed by atoms with van der Waals surface area (Å²) in [7, 11) is 3.27. The largest absolute Gasteiger partial charge is 0.390 e. The van der Waals surface area contributed by atoms with Gasteiger partial charge in [-0.15, -0.1) is 0 Å². The van der Waals surface area contributed by atoms with Crippen molar-refractivity contribution in [2.24, 2.45) is 0 Å². The first-order valence-corrected chi connectivity index (χ1v) is 7.56. The molecule has 0 aliphatic carbocycles. The second-order valence-corrected chi connectivity index (χ2v) is 5.54. The van der Waals surface area contributed by atoms with Gasteiger partial charge in [-0.2, -0.15) is 10.2 Å². The monoisotopic (exact) mass is 333 g/mol. The maximum atomic E-state index is 12.0. The van der Waals surface area contributed by atoms with Gasteiger partial charge in [-0.05, 0) is 19.1 Å². The van der Waals surface area contributed by atoms with E-state index in [2.05, 4.69) is 15.7 Å². The fourth-order valence-electron chi connectivity index (χ4n) is 2.10. The minimum Gasteiger partial charge on any atom is -0.390 e. The number of benzene rings is 1. The van der Waals surface area contributed by atoms with Crippen LogP contribution in [0.1, 0.15) is 5.56 Å². The number of carbonyl (C=O) groups excluding carboxylic acids is 1. The van der Waals surface area contributed by atoms with Gasteiger partial charge in [0.25, 0.3) is 0 Å². The number of aromatic nitrogens is 2. The highest BCUT2D eigenvalue weighted by Gasteiger charge is 2.10. The van der Waals surface area contributed by atoms with Gasteiger partial charge < -0.3 is 20.6 Å². The average molecular weight is 333 g/mol. The molecular formula is C16H23N5O3. The molecule has 1 atom stereocenters. The summed E-state index contributed by atoms with van der Waals surface area (Å²) in [5.41, 5.74) is 2.38. The Hall–Kier alpha value is -2.42. The van der Waals surface area contributed by atoms with E-state index in [-0.39, 0.29) is 6.03 Å². The number of aliphatic hydroxyl groups excluding tert-OH is 1. The highest BCUT2D eigenvalue weighted by Crippen LogP contribution is 2.10. The number of amides is 2. The van der Waals surface area contributed by atoms with E-state index in [9.17, 15) is 9.90 Å². The van der Waals surface area contributed by atoms with Crippen LogP contribution in [0.2, 0.25) is 0 Å². The zero-order chi connectivity index (χ0) is 17.5. The highest BCUT2D eigenvalue weighted by molar-refractivity contribution is 5.99. The van der Waals surface area contributed by atoms with E-state index >= 15 is 0 Å². The van der Waals surface area contributed by atoms with Crippen LogP contribution in [0.5, 0.6) is 0 Å². The van der Waals surface area contributed by atoms with Crippen molar-refractivity contribution in [1.29, 1.82) is 0 Å². The van der Waals surface area contributed by atoms with Gasteiger partial charge >= 0.3 is 6.03 Å². The van der Waals surface area contributed by atoms with Crippen LogP contribution >= 0.6 is 0 Å². The SMILES string of the molecule is CON(C)C[C@@H](O)Cn1cc(NC(=O)Nc2ccc(C)cc2)cn1. The zero-order valence-corrected chi connectivity index (χ0v) is 14.1. The number of hydroxylamine groups is 2. The van der Waals surface area contributed by atoms with Crippen molar-refractivity contribution in [2.45, 2.75) is 19.6 Å². The number of rotatable bonds is 7. The Balaban J connectivity index is 1.84. The van der Waals surface area contributed by atoms with Crippen LogP contribution in [0.4, 0.5) is 16.2 Å². The van der Waals surface area contributed by atoms with Crippen molar-refractivity contribution in [1.82, 2.24) is 14.8 Å². The molecule has 0 spiro atoms. The molecule has 0 fully saturated rings. The van der Waals surface area contributed by atoms with Gasteiger partial charge in [0, 0.05) is 18.9 Å². The molecule has 130 valence electrons. The normalized spacial score (nSPS) is 12.2. The highest BCUT2D eigenvalue weighted by atomic mass is 16.7. The summed E-state index contributed by atoms with van der Waals surface area (Å²) in [5.74, 6) is 0. The van der Waals surface area contributed by atoms with E-state index in [0.717, 1.165) is 5.56 Å². The average Bonchev–Trinajstić information content (AvgIpc) is 2.96. The Kier molecular flexibility index (Phi) is 6.30. The van der Waals surface area contributed by atoms with Gasteiger partial charge in [0.15, 0.2) is 0 Å². The lowest BCUT2D eigenvalue weighted by molar-refractivity contribution is -0.129. The molecule has 0 radical (unpaired) electrons. The van der Waals surface area contributed by atoms with Crippen molar-refractivity contribution < 1.29 is 14.7 Å². The number of urea groups is 1. The number of aryl methyl sites for hydroxylation is 1. The molecule has 0 aliphatic rings. The Bertz CT molecular complexity index is 656. The first-order chi connectivity index (χ1) is 11.5. The smallest absolute Gasteiger partial charge is 0.323 e. The van der Waals surface area contributed by atoms with Crippen molar-refractivity contribution in [2.75, 3.05) is 31.3 Å². The number of anilines is 2. The molecule has 0 bridgehead atoms. The Labute approximate surface area is 141 Å². The molecule has 1 aromatic heterocycles. The fraction of sp³-hybridized carbons (Fsp3) is 0.375. The quantitative estimate of drug-likeness (QED) is 0.671. The lowest BCUT2D eigenvalue weighted by atomic mass is 10.2. The van der Waals surface area contributed by atoms with Crippen LogP contribution in [0, 0.1) is 6.92 Å². The van der Waals surface area contributed by atoms with Crippen LogP contribution in [0.25, 0.3) is 0 Å². The molecule has 0 saturated heterocycles. The summed E-state index contributed by atoms with van der Waals surface area (Å²) >= 11 is 0. The molecule has 0 aliphatic heterocycles. The molecular weight excluding hydrogens is 310 g/mol. The lowest BCUT2D eigenvalue weighted by Crippen LogP contribution is -2.31. The third-order valence-corrected chi connectivity index (χ3v) is 3.38. The van der Waals surface area contributed by atoms with Gasteiger partial charge in [-0.25, -0.2) is 4.79 Å². The summed E-state index contributed by atoms with van der Waals surface area (Å²) in [6, 6.07) is 7.16. The van der Waals surface area contributed by atoms with Gasteiger partial charge in [-0.3, -0.25) is 4.68 Å². The van der Waals surface area contributed by atoms with Crippen molar-refractivity contribution in [3.05, 3.63) is 42.2 Å². The second-order valence-electron chi connectivity index (χ2n) is 5.54. The number of hydrogen-bond acceptors (Lipinski definition) is 5. The predicted octanol–water partition coefficient (Wildman–Crippen LogP) is 1.69. The van der Waals surface area contributed by atoms with Crippen LogP contribution in [0.3, 0.4) is 0 Å². The molecule has 3 N–H and O–H groups in total. The van der Waals surface area contributed by atoms with E-state index in [0.29, 0.717) is 24.5 Å². The lowest BCUT2D eigenvalue weighted by Gasteiger charge is -2.17. The minimum absolute atomic E-state index is 0.301. The number of nitrogens with one attached hydrogen (secondary N) is 2. The molecule has 0 unspecified atom stereocenters. The number of likely N-dealkylation sites (N-methyl/N-ethyl adjacent to an activating group) is 1. The Morgan fingerprint density at radius 2 is 2.00 bits per heavy atom. The minimum atomic E-state index is -0.635. The standard InChI is InChI=1S/C16H23N5O3/c1-12-4-6-13(7-5-12)18-16(23)19-14-8-17-21(9-14)11-15(22)10-20(2)24-3/h4-9,15,22H,10-11H2,1-3H3,(H2,18,19,23)/t15-/m1/s1. The summed E-state index contributed by atoms with van der Waals surface area (Å²) < 4.78 is 1.57. The number of nitrogens with zero attached hydrogens (tertiary/aromatic N) is 3. The van der Waals surface area contributed by atoms with Gasteiger partial charge in [0.2, 0.25) is 0 Å². The summed E-state index contributed by atoms with van der Waals surface area (Å²) in [4.78, 5) is 16.9. The van der Waals surface area contributed by atoms with Crippen molar-refractivity contribution in [3.8, 4) is 0 Å². The first kappa shape index (κ1) is 17.9. The topological polar surface area (TPSA) is 91.7 Å². The molecule has 1 aromatic carbocycles. The predicted molar refractivity (Wildman–Crippen MR) is 91.7 cm³/mol. The molecule has 8 heteroatoms. The van der Waals surface area contributed by atoms with Crippen LogP contribution in [0.15, 0.2) is 36.7 Å². The van der Waals surface area contributed by atoms with Crippen LogP contribution < -0.4 is 10.6 Å². The number of hydrogen-bond donors (Lipinski definition) is 3. The molecule has 8 nitrogen and oxygen atoms in total. The summed E-state index contributed by atoms with van der Waals surface area (Å²) in [6.07, 6.45) is 2.55. The Morgan fingerprint density at radius 3 is 2.67 bits per heavy atom. The molecule has 2 rings (SSSR count).